The maximum absolute atomic E-state index is 12.2. The molecule has 2 heterocycles. The summed E-state index contributed by atoms with van der Waals surface area (Å²) in [4.78, 5) is 27.2. The quantitative estimate of drug-likeness (QED) is 0.561. The first kappa shape index (κ1) is 15.9. The van der Waals surface area contributed by atoms with E-state index >= 15 is 0 Å². The molecule has 2 rings (SSSR count). The molecule has 1 aliphatic heterocycles. The SMILES string of the molecule is COC(=O)c1nc(Cl)cn([C@@H]2O[C@H](CO)[C@@H](O)[C@H]2O)c1=O. The Hall–Kier alpha value is -1.52. The minimum Gasteiger partial charge on any atom is -0.464 e. The molecule has 10 heteroatoms. The van der Waals surface area contributed by atoms with E-state index in [9.17, 15) is 19.8 Å². The van der Waals surface area contributed by atoms with Gasteiger partial charge in [0, 0.05) is 6.20 Å². The number of methoxy groups -OCH3 is 1. The molecule has 0 bridgehead atoms. The second kappa shape index (κ2) is 6.08. The van der Waals surface area contributed by atoms with Crippen molar-refractivity contribution in [3.63, 3.8) is 0 Å². The Morgan fingerprint density at radius 1 is 1.52 bits per heavy atom. The van der Waals surface area contributed by atoms with Crippen LogP contribution in [0.25, 0.3) is 0 Å². The highest BCUT2D eigenvalue weighted by Crippen LogP contribution is 2.28. The summed E-state index contributed by atoms with van der Waals surface area (Å²) in [6.45, 7) is -0.549. The molecular weight excluding hydrogens is 308 g/mol. The Labute approximate surface area is 123 Å². The third-order valence-electron chi connectivity index (χ3n) is 3.07. The fourth-order valence-electron chi connectivity index (χ4n) is 2.01. The summed E-state index contributed by atoms with van der Waals surface area (Å²) in [5, 5.41) is 28.4. The molecular formula is C11H13ClN2O7. The number of aliphatic hydroxyl groups excluding tert-OH is 3. The number of nitrogens with zero attached hydrogens (tertiary/aromatic N) is 2. The van der Waals surface area contributed by atoms with Gasteiger partial charge in [-0.15, -0.1) is 0 Å². The summed E-state index contributed by atoms with van der Waals surface area (Å²) in [5.74, 6) is -0.997. The van der Waals surface area contributed by atoms with Gasteiger partial charge in [-0.25, -0.2) is 9.78 Å². The van der Waals surface area contributed by atoms with Gasteiger partial charge in [0.05, 0.1) is 13.7 Å². The van der Waals surface area contributed by atoms with Crippen LogP contribution in [0.5, 0.6) is 0 Å². The molecule has 9 nitrogen and oxygen atoms in total. The van der Waals surface area contributed by atoms with Crippen molar-refractivity contribution in [1.82, 2.24) is 9.55 Å². The monoisotopic (exact) mass is 320 g/mol. The maximum Gasteiger partial charge on any atom is 0.362 e. The zero-order valence-electron chi connectivity index (χ0n) is 10.8. The fourth-order valence-corrected chi connectivity index (χ4v) is 2.20. The Morgan fingerprint density at radius 3 is 2.71 bits per heavy atom. The van der Waals surface area contributed by atoms with Crippen molar-refractivity contribution >= 4 is 17.6 Å². The van der Waals surface area contributed by atoms with Gasteiger partial charge in [0.25, 0.3) is 5.56 Å². The van der Waals surface area contributed by atoms with Gasteiger partial charge in [-0.1, -0.05) is 11.6 Å². The number of aromatic nitrogens is 2. The summed E-state index contributed by atoms with van der Waals surface area (Å²) in [6, 6.07) is 0. The van der Waals surface area contributed by atoms with E-state index in [0.717, 1.165) is 17.9 Å². The molecule has 0 aromatic carbocycles. The Balaban J connectivity index is 2.48. The van der Waals surface area contributed by atoms with Crippen molar-refractivity contribution in [3.05, 3.63) is 27.4 Å². The van der Waals surface area contributed by atoms with Crippen LogP contribution in [0.15, 0.2) is 11.0 Å². The smallest absolute Gasteiger partial charge is 0.362 e. The molecule has 1 saturated heterocycles. The highest BCUT2D eigenvalue weighted by Gasteiger charge is 2.44. The van der Waals surface area contributed by atoms with Gasteiger partial charge in [0.15, 0.2) is 6.23 Å². The minimum absolute atomic E-state index is 0.201. The van der Waals surface area contributed by atoms with Crippen LogP contribution >= 0.6 is 11.6 Å². The Kier molecular flexibility index (Phi) is 4.59. The van der Waals surface area contributed by atoms with Gasteiger partial charge >= 0.3 is 5.97 Å². The molecule has 0 spiro atoms. The molecule has 21 heavy (non-hydrogen) atoms. The maximum atomic E-state index is 12.2. The zero-order valence-corrected chi connectivity index (χ0v) is 11.6. The number of carbonyl (C=O) groups excluding carboxylic acids is 1. The molecule has 4 atom stereocenters. The number of ether oxygens (including phenoxy) is 2. The Bertz CT molecular complexity index is 605. The second-order valence-corrected chi connectivity index (χ2v) is 4.73. The van der Waals surface area contributed by atoms with Crippen molar-refractivity contribution in [3.8, 4) is 0 Å². The first-order valence-electron chi connectivity index (χ1n) is 5.90. The van der Waals surface area contributed by atoms with E-state index in [0.29, 0.717) is 0 Å². The van der Waals surface area contributed by atoms with Gasteiger partial charge < -0.3 is 24.8 Å². The molecule has 3 N–H and O–H groups in total. The number of carbonyl (C=O) groups is 1. The van der Waals surface area contributed by atoms with Gasteiger partial charge in [0.1, 0.15) is 23.5 Å². The summed E-state index contributed by atoms with van der Waals surface area (Å²) >= 11 is 5.73. The van der Waals surface area contributed by atoms with Gasteiger partial charge in [-0.2, -0.15) is 0 Å². The molecule has 0 radical (unpaired) electrons. The van der Waals surface area contributed by atoms with Gasteiger partial charge in [-0.05, 0) is 0 Å². The Morgan fingerprint density at radius 2 is 2.19 bits per heavy atom. The average molecular weight is 321 g/mol. The van der Waals surface area contributed by atoms with Crippen molar-refractivity contribution in [2.75, 3.05) is 13.7 Å². The normalized spacial score (nSPS) is 28.6. The first-order valence-corrected chi connectivity index (χ1v) is 6.28. The van der Waals surface area contributed by atoms with Crippen LogP contribution in [0.2, 0.25) is 5.15 Å². The molecule has 0 amide bonds. The minimum atomic E-state index is -1.48. The topological polar surface area (TPSA) is 131 Å². The first-order chi connectivity index (χ1) is 9.90. The lowest BCUT2D eigenvalue weighted by atomic mass is 10.1. The summed E-state index contributed by atoms with van der Waals surface area (Å²) in [7, 11) is 1.07. The van der Waals surface area contributed by atoms with Crippen LogP contribution in [-0.4, -0.2) is 62.9 Å². The summed E-state index contributed by atoms with van der Waals surface area (Å²) < 4.78 is 10.4. The lowest BCUT2D eigenvalue weighted by molar-refractivity contribution is -0.0546. The van der Waals surface area contributed by atoms with Crippen molar-refractivity contribution in [2.24, 2.45) is 0 Å². The molecule has 116 valence electrons. The van der Waals surface area contributed by atoms with E-state index in [4.69, 9.17) is 21.4 Å². The van der Waals surface area contributed by atoms with Crippen LogP contribution in [0, 0.1) is 0 Å². The zero-order chi connectivity index (χ0) is 15.7. The van der Waals surface area contributed by atoms with E-state index in [2.05, 4.69) is 9.72 Å². The number of rotatable bonds is 3. The molecule has 0 saturated carbocycles. The van der Waals surface area contributed by atoms with Gasteiger partial charge in [-0.3, -0.25) is 9.36 Å². The number of esters is 1. The third kappa shape index (κ3) is 2.78. The second-order valence-electron chi connectivity index (χ2n) is 4.35. The van der Waals surface area contributed by atoms with Crippen molar-refractivity contribution in [1.29, 1.82) is 0 Å². The van der Waals surface area contributed by atoms with Crippen LogP contribution in [0.1, 0.15) is 16.7 Å². The molecule has 1 aromatic rings. The summed E-state index contributed by atoms with van der Waals surface area (Å²) in [6.07, 6.45) is -4.19. The predicted octanol–water partition coefficient (Wildman–Crippen LogP) is -1.71. The largest absolute Gasteiger partial charge is 0.464 e. The van der Waals surface area contributed by atoms with Crippen LogP contribution < -0.4 is 5.56 Å². The van der Waals surface area contributed by atoms with E-state index in [1.165, 1.54) is 0 Å². The molecule has 0 aliphatic carbocycles. The lowest BCUT2D eigenvalue weighted by Gasteiger charge is -2.18. The molecule has 1 aliphatic rings. The predicted molar refractivity (Wildman–Crippen MR) is 67.9 cm³/mol. The highest BCUT2D eigenvalue weighted by atomic mass is 35.5. The number of hydrogen-bond acceptors (Lipinski definition) is 8. The third-order valence-corrected chi connectivity index (χ3v) is 3.25. The van der Waals surface area contributed by atoms with Crippen molar-refractivity contribution in [2.45, 2.75) is 24.5 Å². The number of hydrogen-bond donors (Lipinski definition) is 3. The average Bonchev–Trinajstić information content (AvgIpc) is 2.76. The van der Waals surface area contributed by atoms with E-state index in [1.807, 2.05) is 0 Å². The molecule has 1 fully saturated rings. The molecule has 1 aromatic heterocycles. The van der Waals surface area contributed by atoms with E-state index < -0.39 is 48.4 Å². The molecule has 0 unspecified atom stereocenters. The van der Waals surface area contributed by atoms with Gasteiger partial charge in [0.2, 0.25) is 5.69 Å². The van der Waals surface area contributed by atoms with Crippen molar-refractivity contribution < 1.29 is 29.6 Å². The standard InChI is InChI=1S/C11H13ClN2O7/c1-20-11(19)6-9(18)14(2-5(12)13-6)10-8(17)7(16)4(3-15)21-10/h2,4,7-8,10,15-17H,3H2,1H3/t4-,7-,8-,10-/m1/s1. The number of halogens is 1. The number of aliphatic hydroxyl groups is 3. The van der Waals surface area contributed by atoms with Crippen LogP contribution in [-0.2, 0) is 9.47 Å². The van der Waals surface area contributed by atoms with Crippen LogP contribution in [0.3, 0.4) is 0 Å². The highest BCUT2D eigenvalue weighted by molar-refractivity contribution is 6.29. The lowest BCUT2D eigenvalue weighted by Crippen LogP contribution is -2.37. The van der Waals surface area contributed by atoms with Crippen LogP contribution in [0.4, 0.5) is 0 Å². The van der Waals surface area contributed by atoms with E-state index in [1.54, 1.807) is 0 Å². The van der Waals surface area contributed by atoms with E-state index in [-0.39, 0.29) is 5.15 Å². The summed E-state index contributed by atoms with van der Waals surface area (Å²) in [5.41, 5.74) is -1.48. The fraction of sp³-hybridized carbons (Fsp3) is 0.545.